The average Bonchev–Trinajstić information content (AvgIpc) is 2.64. The molecule has 1 aliphatic carbocycles. The monoisotopic (exact) mass is 406 g/mol. The van der Waals surface area contributed by atoms with Gasteiger partial charge in [0.1, 0.15) is 11.7 Å². The maximum absolute atomic E-state index is 14.6. The standard InChI is InChI=1S/C22H21Cl2FO2/c1-4-12-5-6-13(14-7-8-16(23)19(24)20(14)25)11-15(12)18-17(26)9-10-22(2,3)21(18)27/h5-8,11,18H,4,9-10H2,1-3H3. The Morgan fingerprint density at radius 3 is 2.52 bits per heavy atom. The molecule has 27 heavy (non-hydrogen) atoms. The topological polar surface area (TPSA) is 34.1 Å². The maximum Gasteiger partial charge on any atom is 0.153 e. The lowest BCUT2D eigenvalue weighted by atomic mass is 9.67. The highest BCUT2D eigenvalue weighted by Crippen LogP contribution is 2.41. The zero-order valence-electron chi connectivity index (χ0n) is 15.5. The number of benzene rings is 2. The largest absolute Gasteiger partial charge is 0.299 e. The third-order valence-electron chi connectivity index (χ3n) is 5.43. The molecule has 0 aliphatic heterocycles. The van der Waals surface area contributed by atoms with E-state index in [2.05, 4.69) is 0 Å². The second kappa shape index (κ2) is 7.37. The lowest BCUT2D eigenvalue weighted by Crippen LogP contribution is -2.39. The van der Waals surface area contributed by atoms with Crippen molar-refractivity contribution in [1.29, 1.82) is 0 Å². The molecular weight excluding hydrogens is 386 g/mol. The molecule has 2 nitrogen and oxygen atoms in total. The minimum Gasteiger partial charge on any atom is -0.299 e. The van der Waals surface area contributed by atoms with E-state index in [9.17, 15) is 14.0 Å². The van der Waals surface area contributed by atoms with Gasteiger partial charge in [-0.05, 0) is 47.7 Å². The van der Waals surface area contributed by atoms with Crippen molar-refractivity contribution in [2.24, 2.45) is 5.41 Å². The first-order valence-corrected chi connectivity index (χ1v) is 9.76. The van der Waals surface area contributed by atoms with E-state index in [1.54, 1.807) is 18.2 Å². The summed E-state index contributed by atoms with van der Waals surface area (Å²) in [6, 6.07) is 8.49. The highest BCUT2D eigenvalue weighted by Gasteiger charge is 2.43. The van der Waals surface area contributed by atoms with Crippen LogP contribution in [0.2, 0.25) is 10.0 Å². The van der Waals surface area contributed by atoms with Crippen LogP contribution in [0.1, 0.15) is 50.7 Å². The molecule has 2 aromatic rings. The molecule has 3 rings (SSSR count). The molecule has 0 spiro atoms. The van der Waals surface area contributed by atoms with Gasteiger partial charge in [-0.15, -0.1) is 0 Å². The van der Waals surface area contributed by atoms with Crippen LogP contribution < -0.4 is 0 Å². The van der Waals surface area contributed by atoms with E-state index in [0.29, 0.717) is 36.0 Å². The molecule has 0 radical (unpaired) electrons. The maximum atomic E-state index is 14.6. The van der Waals surface area contributed by atoms with Gasteiger partial charge in [0.25, 0.3) is 0 Å². The molecule has 1 aliphatic rings. The van der Waals surface area contributed by atoms with Crippen LogP contribution in [0.15, 0.2) is 30.3 Å². The number of hydrogen-bond donors (Lipinski definition) is 0. The smallest absolute Gasteiger partial charge is 0.153 e. The predicted octanol–water partition coefficient (Wildman–Crippen LogP) is 6.40. The normalized spacial score (nSPS) is 19.4. The van der Waals surface area contributed by atoms with Crippen molar-refractivity contribution in [1.82, 2.24) is 0 Å². The van der Waals surface area contributed by atoms with E-state index >= 15 is 0 Å². The molecule has 2 aromatic carbocycles. The van der Waals surface area contributed by atoms with Gasteiger partial charge in [-0.3, -0.25) is 9.59 Å². The van der Waals surface area contributed by atoms with E-state index in [1.807, 2.05) is 26.8 Å². The van der Waals surface area contributed by atoms with Crippen LogP contribution in [0.3, 0.4) is 0 Å². The summed E-state index contributed by atoms with van der Waals surface area (Å²) in [6.07, 6.45) is 1.61. The summed E-state index contributed by atoms with van der Waals surface area (Å²) in [5, 5.41) is 0.00365. The molecule has 0 N–H and O–H groups in total. The van der Waals surface area contributed by atoms with Crippen molar-refractivity contribution in [3.8, 4) is 11.1 Å². The summed E-state index contributed by atoms with van der Waals surface area (Å²) in [5.74, 6) is -1.54. The fourth-order valence-electron chi connectivity index (χ4n) is 3.66. The van der Waals surface area contributed by atoms with E-state index in [1.165, 1.54) is 6.07 Å². The summed E-state index contributed by atoms with van der Waals surface area (Å²) in [5.41, 5.74) is 1.91. The zero-order valence-corrected chi connectivity index (χ0v) is 17.0. The third kappa shape index (κ3) is 3.55. The number of ketones is 2. The van der Waals surface area contributed by atoms with E-state index in [4.69, 9.17) is 23.2 Å². The first kappa shape index (κ1) is 20.0. The molecule has 0 heterocycles. The summed E-state index contributed by atoms with van der Waals surface area (Å²) in [4.78, 5) is 25.6. The Balaban J connectivity index is 2.17. The second-order valence-electron chi connectivity index (χ2n) is 7.64. The summed E-state index contributed by atoms with van der Waals surface area (Å²) >= 11 is 11.8. The quantitative estimate of drug-likeness (QED) is 0.436. The Kier molecular flexibility index (Phi) is 5.47. The van der Waals surface area contributed by atoms with Gasteiger partial charge in [0.15, 0.2) is 11.6 Å². The van der Waals surface area contributed by atoms with Crippen molar-refractivity contribution in [2.75, 3.05) is 0 Å². The number of aryl methyl sites for hydroxylation is 1. The van der Waals surface area contributed by atoms with Gasteiger partial charge in [-0.1, -0.05) is 56.1 Å². The van der Waals surface area contributed by atoms with E-state index in [0.717, 1.165) is 5.56 Å². The second-order valence-corrected chi connectivity index (χ2v) is 8.42. The minimum atomic E-state index is -0.797. The van der Waals surface area contributed by atoms with Crippen LogP contribution in [0.5, 0.6) is 0 Å². The first-order valence-electron chi connectivity index (χ1n) is 9.01. The molecule has 0 aromatic heterocycles. The zero-order chi connectivity index (χ0) is 19.9. The van der Waals surface area contributed by atoms with Gasteiger partial charge in [0, 0.05) is 17.4 Å². The van der Waals surface area contributed by atoms with Gasteiger partial charge < -0.3 is 0 Å². The molecule has 5 heteroatoms. The molecule has 1 unspecified atom stereocenters. The minimum absolute atomic E-state index is 0.0687. The number of carbonyl (C=O) groups excluding carboxylic acids is 2. The SMILES string of the molecule is CCc1ccc(-c2ccc(Cl)c(Cl)c2F)cc1C1C(=O)CCC(C)(C)C1=O. The van der Waals surface area contributed by atoms with Gasteiger partial charge >= 0.3 is 0 Å². The van der Waals surface area contributed by atoms with Crippen LogP contribution in [0, 0.1) is 11.2 Å². The van der Waals surface area contributed by atoms with Crippen LogP contribution >= 0.6 is 23.2 Å². The van der Waals surface area contributed by atoms with Crippen molar-refractivity contribution in [2.45, 2.75) is 46.0 Å². The lowest BCUT2D eigenvalue weighted by molar-refractivity contribution is -0.139. The fraction of sp³-hybridized carbons (Fsp3) is 0.364. The summed E-state index contributed by atoms with van der Waals surface area (Å²) in [7, 11) is 0. The molecular formula is C22H21Cl2FO2. The highest BCUT2D eigenvalue weighted by molar-refractivity contribution is 6.42. The molecule has 0 saturated heterocycles. The Bertz CT molecular complexity index is 934. The fourth-order valence-corrected chi connectivity index (χ4v) is 3.97. The molecule has 1 atom stereocenters. The number of Topliss-reactive ketones (excluding diaryl/α,β-unsaturated/α-hetero) is 2. The predicted molar refractivity (Wildman–Crippen MR) is 107 cm³/mol. The van der Waals surface area contributed by atoms with Crippen molar-refractivity contribution in [3.05, 3.63) is 57.3 Å². The first-order chi connectivity index (χ1) is 12.7. The summed E-state index contributed by atoms with van der Waals surface area (Å²) in [6.45, 7) is 5.73. The Labute approximate surface area is 168 Å². The summed E-state index contributed by atoms with van der Waals surface area (Å²) < 4.78 is 14.6. The van der Waals surface area contributed by atoms with E-state index in [-0.39, 0.29) is 21.6 Å². The van der Waals surface area contributed by atoms with Gasteiger partial charge in [0.05, 0.1) is 10.0 Å². The van der Waals surface area contributed by atoms with Gasteiger partial charge in [0.2, 0.25) is 0 Å². The Hall–Kier alpha value is -1.71. The molecule has 142 valence electrons. The number of rotatable bonds is 3. The number of hydrogen-bond acceptors (Lipinski definition) is 2. The van der Waals surface area contributed by atoms with Crippen molar-refractivity contribution >= 4 is 34.8 Å². The molecule has 0 bridgehead atoms. The van der Waals surface area contributed by atoms with Crippen LogP contribution in [-0.2, 0) is 16.0 Å². The molecule has 1 fully saturated rings. The Morgan fingerprint density at radius 2 is 1.85 bits per heavy atom. The van der Waals surface area contributed by atoms with Gasteiger partial charge in [-0.2, -0.15) is 0 Å². The average molecular weight is 407 g/mol. The van der Waals surface area contributed by atoms with Crippen LogP contribution in [0.25, 0.3) is 11.1 Å². The number of halogens is 3. The van der Waals surface area contributed by atoms with Crippen LogP contribution in [-0.4, -0.2) is 11.6 Å². The molecule has 1 saturated carbocycles. The van der Waals surface area contributed by atoms with E-state index < -0.39 is 17.2 Å². The van der Waals surface area contributed by atoms with Crippen LogP contribution in [0.4, 0.5) is 4.39 Å². The lowest BCUT2D eigenvalue weighted by Gasteiger charge is -2.33. The number of carbonyl (C=O) groups is 2. The highest BCUT2D eigenvalue weighted by atomic mass is 35.5. The Morgan fingerprint density at radius 1 is 1.15 bits per heavy atom. The third-order valence-corrected chi connectivity index (χ3v) is 6.21. The van der Waals surface area contributed by atoms with Crippen molar-refractivity contribution < 1.29 is 14.0 Å². The van der Waals surface area contributed by atoms with Crippen molar-refractivity contribution in [3.63, 3.8) is 0 Å². The van der Waals surface area contributed by atoms with Gasteiger partial charge in [-0.25, -0.2) is 4.39 Å². The molecule has 0 amide bonds.